The summed E-state index contributed by atoms with van der Waals surface area (Å²) in [5.74, 6) is -0.652. The van der Waals surface area contributed by atoms with Gasteiger partial charge in [-0.1, -0.05) is 24.3 Å². The average molecular weight is 834 g/mol. The zero-order valence-electron chi connectivity index (χ0n) is 36.3. The summed E-state index contributed by atoms with van der Waals surface area (Å²) in [6.45, 7) is 22.7. The third-order valence-electron chi connectivity index (χ3n) is 12.2. The summed E-state index contributed by atoms with van der Waals surface area (Å²) >= 11 is 0. The van der Waals surface area contributed by atoms with E-state index in [9.17, 15) is 24.0 Å². The minimum Gasteiger partial charge on any atom is -0.480 e. The Kier molecular flexibility index (Phi) is 16.5. The molecule has 0 aliphatic carbocycles. The molecular weight excluding hydrogens is 768 g/mol. The van der Waals surface area contributed by atoms with Crippen molar-refractivity contribution in [3.63, 3.8) is 0 Å². The second kappa shape index (κ2) is 20.6. The van der Waals surface area contributed by atoms with E-state index in [4.69, 9.17) is 5.11 Å². The Hall–Kier alpha value is -4.52. The number of aryl methyl sites for hydroxylation is 2. The highest BCUT2D eigenvalue weighted by atomic mass is 35.5. The lowest BCUT2D eigenvalue weighted by molar-refractivity contribution is -0.143. The molecule has 322 valence electrons. The van der Waals surface area contributed by atoms with E-state index in [1.54, 1.807) is 28.2 Å². The zero-order valence-corrected chi connectivity index (χ0v) is 37.2. The number of halogens is 1. The first kappa shape index (κ1) is 47.2. The van der Waals surface area contributed by atoms with Crippen LogP contribution < -0.4 is 21.8 Å². The Labute approximate surface area is 354 Å². The van der Waals surface area contributed by atoms with Gasteiger partial charge in [-0.25, -0.2) is 0 Å². The number of benzene rings is 2. The monoisotopic (exact) mass is 832 g/mol. The molecule has 2 aromatic heterocycles. The van der Waals surface area contributed by atoms with Crippen molar-refractivity contribution in [2.45, 2.75) is 112 Å². The lowest BCUT2D eigenvalue weighted by atomic mass is 9.95. The van der Waals surface area contributed by atoms with Crippen molar-refractivity contribution in [3.05, 3.63) is 91.5 Å². The van der Waals surface area contributed by atoms with Crippen LogP contribution >= 0.6 is 12.4 Å². The summed E-state index contributed by atoms with van der Waals surface area (Å²) in [6, 6.07) is 15.2. The molecule has 2 saturated heterocycles. The Morgan fingerprint density at radius 1 is 0.627 bits per heavy atom. The van der Waals surface area contributed by atoms with Crippen molar-refractivity contribution in [3.8, 4) is 0 Å². The number of hydrogen-bond donors (Lipinski definition) is 3. The fourth-order valence-electron chi connectivity index (χ4n) is 8.41. The quantitative estimate of drug-likeness (QED) is 0.147. The summed E-state index contributed by atoms with van der Waals surface area (Å²) < 4.78 is 3.42. The first-order valence-corrected chi connectivity index (χ1v) is 21.1. The van der Waals surface area contributed by atoms with Crippen molar-refractivity contribution < 1.29 is 19.5 Å². The molecule has 2 aliphatic heterocycles. The highest BCUT2D eigenvalue weighted by Crippen LogP contribution is 2.24. The molecule has 4 aromatic rings. The number of amides is 2. The highest BCUT2D eigenvalue weighted by Gasteiger charge is 2.27. The van der Waals surface area contributed by atoms with Gasteiger partial charge in [0.25, 0.3) is 22.9 Å². The molecule has 4 heterocycles. The van der Waals surface area contributed by atoms with Crippen molar-refractivity contribution in [2.24, 2.45) is 11.8 Å². The van der Waals surface area contributed by atoms with Gasteiger partial charge in [-0.2, -0.15) is 0 Å². The second-order valence-corrected chi connectivity index (χ2v) is 17.2. The molecule has 2 fully saturated rings. The van der Waals surface area contributed by atoms with E-state index in [1.807, 2.05) is 82.8 Å². The third-order valence-corrected chi connectivity index (χ3v) is 12.2. The first-order chi connectivity index (χ1) is 27.5. The topological polar surface area (TPSA) is 146 Å². The molecule has 1 atom stereocenters. The number of rotatable bonds is 11. The summed E-state index contributed by atoms with van der Waals surface area (Å²) in [5.41, 5.74) is 3.76. The highest BCUT2D eigenvalue weighted by molar-refractivity contribution is 5.99. The number of aromatic nitrogens is 2. The summed E-state index contributed by atoms with van der Waals surface area (Å²) in [4.78, 5) is 67.4. The maximum absolute atomic E-state index is 13.0. The van der Waals surface area contributed by atoms with Crippen LogP contribution in [0.15, 0.2) is 58.1 Å². The number of aliphatic carboxylic acids is 1. The molecule has 59 heavy (non-hydrogen) atoms. The number of carboxylic acid groups (broad SMARTS) is 1. The molecule has 0 bridgehead atoms. The van der Waals surface area contributed by atoms with Crippen LogP contribution in [0, 0.1) is 25.7 Å². The summed E-state index contributed by atoms with van der Waals surface area (Å²) in [6.07, 6.45) is 3.83. The molecule has 2 aromatic carbocycles. The van der Waals surface area contributed by atoms with Crippen LogP contribution in [0.3, 0.4) is 0 Å². The van der Waals surface area contributed by atoms with Gasteiger partial charge in [0.2, 0.25) is 0 Å². The average Bonchev–Trinajstić information content (AvgIpc) is 3.18. The SMILES string of the molecule is Cc1cccc2c1cc(C(=O)NCC1CCN(C(C)C(=O)O)CC1)c(=O)n2C(C)C.Cc1cccc2c1cc(C(=O)NCC1CCN(C(C)C)CC1)c(=O)n2C(C)C.Cl. The fraction of sp³-hybridized carbons (Fsp3) is 0.543. The minimum absolute atomic E-state index is 0. The van der Waals surface area contributed by atoms with Gasteiger partial charge in [-0.3, -0.25) is 28.9 Å². The number of nitrogens with zero attached hydrogens (tertiary/aromatic N) is 4. The molecule has 1 unspecified atom stereocenters. The number of likely N-dealkylation sites (tertiary alicyclic amines) is 2. The number of nitrogens with one attached hydrogen (secondary N) is 2. The van der Waals surface area contributed by atoms with E-state index in [1.165, 1.54) is 0 Å². The zero-order chi connectivity index (χ0) is 42.4. The number of hydrogen-bond acceptors (Lipinski definition) is 7. The number of carbonyl (C=O) groups is 3. The summed E-state index contributed by atoms with van der Waals surface area (Å²) in [7, 11) is 0. The van der Waals surface area contributed by atoms with E-state index >= 15 is 0 Å². The largest absolute Gasteiger partial charge is 0.480 e. The third kappa shape index (κ3) is 11.0. The summed E-state index contributed by atoms with van der Waals surface area (Å²) in [5, 5.41) is 17.0. The van der Waals surface area contributed by atoms with Crippen LogP contribution in [0.4, 0.5) is 0 Å². The molecular formula is C46H65ClN6O6. The molecule has 6 rings (SSSR count). The van der Waals surface area contributed by atoms with Crippen LogP contribution in [0.25, 0.3) is 21.8 Å². The molecule has 2 aliphatic rings. The van der Waals surface area contributed by atoms with Gasteiger partial charge in [-0.05, 0) is 161 Å². The van der Waals surface area contributed by atoms with Gasteiger partial charge in [0.15, 0.2) is 0 Å². The van der Waals surface area contributed by atoms with E-state index < -0.39 is 12.0 Å². The number of pyridine rings is 2. The Bertz CT molecular complexity index is 2230. The number of carbonyl (C=O) groups excluding carboxylic acids is 2. The molecule has 13 heteroatoms. The maximum atomic E-state index is 13.0. The molecule has 3 N–H and O–H groups in total. The predicted molar refractivity (Wildman–Crippen MR) is 239 cm³/mol. The Morgan fingerprint density at radius 3 is 1.34 bits per heavy atom. The van der Waals surface area contributed by atoms with E-state index in [0.29, 0.717) is 38.1 Å². The van der Waals surface area contributed by atoms with Crippen molar-refractivity contribution in [2.75, 3.05) is 39.3 Å². The smallest absolute Gasteiger partial charge is 0.320 e. The van der Waals surface area contributed by atoms with Crippen LogP contribution in [-0.4, -0.2) is 93.2 Å². The molecule has 0 saturated carbocycles. The van der Waals surface area contributed by atoms with Gasteiger partial charge in [-0.15, -0.1) is 12.4 Å². The van der Waals surface area contributed by atoms with E-state index in [-0.39, 0.29) is 64.5 Å². The molecule has 0 spiro atoms. The predicted octanol–water partition coefficient (Wildman–Crippen LogP) is 6.97. The van der Waals surface area contributed by atoms with Crippen molar-refractivity contribution >= 4 is 52.0 Å². The maximum Gasteiger partial charge on any atom is 0.320 e. The van der Waals surface area contributed by atoms with Crippen LogP contribution in [0.5, 0.6) is 0 Å². The first-order valence-electron chi connectivity index (χ1n) is 21.1. The standard InChI is InChI=1S/C23H31N3O4.C23H33N3O2.ClH/c1-14(2)26-20-7-5-6-15(3)18(20)12-19(22(26)28)21(27)24-13-17-8-10-25(11-9-17)16(4)23(29)30;1-15(2)25-11-9-18(10-12-25)14-24-22(27)20-13-19-17(5)7-6-8-21(19)26(16(3)4)23(20)28;/h5-7,12,14,16-17H,8-11,13H2,1-4H3,(H,24,27)(H,29,30);6-8,13,15-16,18H,9-12,14H2,1-5H3,(H,24,27);1H. The van der Waals surface area contributed by atoms with Gasteiger partial charge < -0.3 is 29.8 Å². The Morgan fingerprint density at radius 2 is 1.00 bits per heavy atom. The molecule has 2 amide bonds. The van der Waals surface area contributed by atoms with Gasteiger partial charge in [0.05, 0.1) is 11.0 Å². The van der Waals surface area contributed by atoms with Crippen LogP contribution in [0.1, 0.15) is 118 Å². The number of carboxylic acids is 1. The van der Waals surface area contributed by atoms with Gasteiger partial charge in [0, 0.05) is 42.0 Å². The van der Waals surface area contributed by atoms with Gasteiger partial charge in [0.1, 0.15) is 17.2 Å². The van der Waals surface area contributed by atoms with Crippen LogP contribution in [-0.2, 0) is 4.79 Å². The molecule has 12 nitrogen and oxygen atoms in total. The normalized spacial score (nSPS) is 16.2. The van der Waals surface area contributed by atoms with Crippen molar-refractivity contribution in [1.29, 1.82) is 0 Å². The lowest BCUT2D eigenvalue weighted by Gasteiger charge is -2.34. The fourth-order valence-corrected chi connectivity index (χ4v) is 8.41. The van der Waals surface area contributed by atoms with E-state index in [0.717, 1.165) is 71.7 Å². The molecule has 0 radical (unpaired) electrons. The number of fused-ring (bicyclic) bond motifs is 2. The lowest BCUT2D eigenvalue weighted by Crippen LogP contribution is -2.45. The van der Waals surface area contributed by atoms with Crippen LogP contribution in [0.2, 0.25) is 0 Å². The van der Waals surface area contributed by atoms with E-state index in [2.05, 4.69) is 29.4 Å². The number of piperidine rings is 2. The second-order valence-electron chi connectivity index (χ2n) is 17.2. The Balaban J connectivity index is 0.000000257. The minimum atomic E-state index is -0.810. The van der Waals surface area contributed by atoms with Crippen molar-refractivity contribution in [1.82, 2.24) is 29.6 Å². The van der Waals surface area contributed by atoms with Gasteiger partial charge >= 0.3 is 5.97 Å².